The molecule has 0 heterocycles. The van der Waals surface area contributed by atoms with E-state index in [2.05, 4.69) is 37.2 Å². The number of hydrogen-bond acceptors (Lipinski definition) is 2. The van der Waals surface area contributed by atoms with Gasteiger partial charge in [0, 0.05) is 8.95 Å². The molecule has 2 unspecified atom stereocenters. The molecule has 1 amide bonds. The van der Waals surface area contributed by atoms with Crippen LogP contribution in [0.15, 0.2) is 27.1 Å². The van der Waals surface area contributed by atoms with Crippen LogP contribution in [-0.2, 0) is 4.79 Å². The first-order valence-corrected chi connectivity index (χ1v) is 7.44. The molecule has 0 aliphatic rings. The van der Waals surface area contributed by atoms with Crippen LogP contribution in [0.4, 0.5) is 0 Å². The summed E-state index contributed by atoms with van der Waals surface area (Å²) in [5, 5.41) is 11.7. The van der Waals surface area contributed by atoms with Gasteiger partial charge in [0.1, 0.15) is 6.04 Å². The van der Waals surface area contributed by atoms with Crippen molar-refractivity contribution in [2.45, 2.75) is 26.3 Å². The summed E-state index contributed by atoms with van der Waals surface area (Å²) < 4.78 is 1.46. The third-order valence-electron chi connectivity index (χ3n) is 2.94. The second-order valence-electron chi connectivity index (χ2n) is 4.30. The summed E-state index contributed by atoms with van der Waals surface area (Å²) >= 11 is 6.59. The van der Waals surface area contributed by atoms with Gasteiger partial charge >= 0.3 is 5.97 Å². The Balaban J connectivity index is 2.91. The monoisotopic (exact) mass is 391 g/mol. The molecule has 1 aromatic rings. The molecule has 0 saturated carbocycles. The Morgan fingerprint density at radius 2 is 2.00 bits per heavy atom. The van der Waals surface area contributed by atoms with Gasteiger partial charge < -0.3 is 10.4 Å². The predicted molar refractivity (Wildman–Crippen MR) is 80.2 cm³/mol. The Morgan fingerprint density at radius 1 is 1.37 bits per heavy atom. The average molecular weight is 393 g/mol. The summed E-state index contributed by atoms with van der Waals surface area (Å²) in [5.74, 6) is -1.54. The molecule has 0 radical (unpaired) electrons. The van der Waals surface area contributed by atoms with Gasteiger partial charge in [0.15, 0.2) is 0 Å². The van der Waals surface area contributed by atoms with E-state index in [1.807, 2.05) is 6.92 Å². The maximum Gasteiger partial charge on any atom is 0.326 e. The number of halogens is 2. The Kier molecular flexibility index (Phi) is 6.00. The van der Waals surface area contributed by atoms with E-state index < -0.39 is 17.9 Å². The summed E-state index contributed by atoms with van der Waals surface area (Å²) in [5.41, 5.74) is 0.415. The second-order valence-corrected chi connectivity index (χ2v) is 6.07. The first-order valence-electron chi connectivity index (χ1n) is 5.85. The van der Waals surface area contributed by atoms with Gasteiger partial charge in [-0.1, -0.05) is 36.2 Å². The van der Waals surface area contributed by atoms with Crippen LogP contribution in [0.5, 0.6) is 0 Å². The van der Waals surface area contributed by atoms with E-state index in [4.69, 9.17) is 5.11 Å². The third kappa shape index (κ3) is 4.31. The minimum atomic E-state index is -1.02. The van der Waals surface area contributed by atoms with Crippen LogP contribution in [0.25, 0.3) is 0 Å². The Morgan fingerprint density at radius 3 is 2.47 bits per heavy atom. The lowest BCUT2D eigenvalue weighted by atomic mass is 9.99. The number of nitrogens with one attached hydrogen (secondary N) is 1. The maximum absolute atomic E-state index is 12.1. The van der Waals surface area contributed by atoms with Crippen molar-refractivity contribution in [3.63, 3.8) is 0 Å². The standard InChI is InChI=1S/C13H15Br2NO3/c1-3-7(2)11(13(18)19)16-12(17)9-5-4-8(14)6-10(9)15/h4-7,11H,3H2,1-2H3,(H,16,17)(H,18,19). The summed E-state index contributed by atoms with van der Waals surface area (Å²) in [4.78, 5) is 23.3. The second kappa shape index (κ2) is 7.05. The van der Waals surface area contributed by atoms with Crippen molar-refractivity contribution in [3.8, 4) is 0 Å². The molecule has 1 rings (SSSR count). The van der Waals surface area contributed by atoms with Crippen molar-refractivity contribution in [3.05, 3.63) is 32.7 Å². The Bertz CT molecular complexity index is 491. The van der Waals surface area contributed by atoms with Gasteiger partial charge in [0.25, 0.3) is 5.91 Å². The maximum atomic E-state index is 12.1. The molecule has 2 N–H and O–H groups in total. The van der Waals surface area contributed by atoms with Crippen molar-refractivity contribution in [1.82, 2.24) is 5.32 Å². The van der Waals surface area contributed by atoms with Gasteiger partial charge in [-0.25, -0.2) is 4.79 Å². The molecule has 0 aliphatic carbocycles. The highest BCUT2D eigenvalue weighted by atomic mass is 79.9. The fourth-order valence-corrected chi connectivity index (χ4v) is 2.80. The smallest absolute Gasteiger partial charge is 0.326 e. The molecule has 2 atom stereocenters. The molecule has 19 heavy (non-hydrogen) atoms. The fraction of sp³-hybridized carbons (Fsp3) is 0.385. The van der Waals surface area contributed by atoms with Crippen molar-refractivity contribution in [1.29, 1.82) is 0 Å². The van der Waals surface area contributed by atoms with Crippen molar-refractivity contribution < 1.29 is 14.7 Å². The molecule has 0 saturated heterocycles. The zero-order valence-electron chi connectivity index (χ0n) is 10.6. The Labute approximate surface area is 128 Å². The van der Waals surface area contributed by atoms with Gasteiger partial charge in [-0.2, -0.15) is 0 Å². The van der Waals surface area contributed by atoms with E-state index in [9.17, 15) is 9.59 Å². The molecular weight excluding hydrogens is 378 g/mol. The van der Waals surface area contributed by atoms with E-state index in [0.29, 0.717) is 16.5 Å². The van der Waals surface area contributed by atoms with Gasteiger partial charge in [-0.3, -0.25) is 4.79 Å². The van der Waals surface area contributed by atoms with Crippen LogP contribution in [0.3, 0.4) is 0 Å². The molecule has 104 valence electrons. The number of amides is 1. The van der Waals surface area contributed by atoms with E-state index in [1.54, 1.807) is 25.1 Å². The number of carboxylic acid groups (broad SMARTS) is 1. The lowest BCUT2D eigenvalue weighted by Gasteiger charge is -2.20. The highest BCUT2D eigenvalue weighted by molar-refractivity contribution is 9.11. The molecule has 1 aromatic carbocycles. The zero-order valence-corrected chi connectivity index (χ0v) is 13.8. The van der Waals surface area contributed by atoms with Gasteiger partial charge in [0.2, 0.25) is 0 Å². The molecule has 0 fully saturated rings. The SMILES string of the molecule is CCC(C)C(NC(=O)c1ccc(Br)cc1Br)C(=O)O. The van der Waals surface area contributed by atoms with Gasteiger partial charge in [-0.15, -0.1) is 0 Å². The topological polar surface area (TPSA) is 66.4 Å². The summed E-state index contributed by atoms with van der Waals surface area (Å²) in [6, 6.07) is 4.24. The third-order valence-corrected chi connectivity index (χ3v) is 4.09. The van der Waals surface area contributed by atoms with Crippen molar-refractivity contribution in [2.75, 3.05) is 0 Å². The normalized spacial score (nSPS) is 13.7. The van der Waals surface area contributed by atoms with Crippen molar-refractivity contribution >= 4 is 43.7 Å². The fourth-order valence-electron chi connectivity index (χ4n) is 1.58. The van der Waals surface area contributed by atoms with Crippen molar-refractivity contribution in [2.24, 2.45) is 5.92 Å². The van der Waals surface area contributed by atoms with Crippen LogP contribution in [0.1, 0.15) is 30.6 Å². The minimum absolute atomic E-state index is 0.129. The lowest BCUT2D eigenvalue weighted by molar-refractivity contribution is -0.140. The number of carbonyl (C=O) groups excluding carboxylic acids is 1. The Hall–Kier alpha value is -0.880. The van der Waals surface area contributed by atoms with Crippen LogP contribution in [0, 0.1) is 5.92 Å². The van der Waals surface area contributed by atoms with Crippen LogP contribution in [0.2, 0.25) is 0 Å². The molecule has 0 aromatic heterocycles. The highest BCUT2D eigenvalue weighted by Crippen LogP contribution is 2.22. The first-order chi connectivity index (χ1) is 8.86. The molecule has 6 heteroatoms. The van der Waals surface area contributed by atoms with E-state index in [-0.39, 0.29) is 5.92 Å². The first kappa shape index (κ1) is 16.2. The molecule has 4 nitrogen and oxygen atoms in total. The van der Waals surface area contributed by atoms with E-state index >= 15 is 0 Å². The number of carboxylic acids is 1. The quantitative estimate of drug-likeness (QED) is 0.806. The molecular formula is C13H15Br2NO3. The molecule has 0 aliphatic heterocycles. The largest absolute Gasteiger partial charge is 0.480 e. The van der Waals surface area contributed by atoms with Crippen LogP contribution >= 0.6 is 31.9 Å². The molecule has 0 spiro atoms. The average Bonchev–Trinajstić information content (AvgIpc) is 2.34. The van der Waals surface area contributed by atoms with Gasteiger partial charge in [-0.05, 0) is 40.0 Å². The number of benzene rings is 1. The van der Waals surface area contributed by atoms with E-state index in [0.717, 1.165) is 4.47 Å². The van der Waals surface area contributed by atoms with Crippen LogP contribution < -0.4 is 5.32 Å². The highest BCUT2D eigenvalue weighted by Gasteiger charge is 2.26. The number of carbonyl (C=O) groups is 2. The number of rotatable bonds is 5. The van der Waals surface area contributed by atoms with E-state index in [1.165, 1.54) is 0 Å². The zero-order chi connectivity index (χ0) is 14.6. The van der Waals surface area contributed by atoms with Gasteiger partial charge in [0.05, 0.1) is 5.56 Å². The predicted octanol–water partition coefficient (Wildman–Crippen LogP) is 3.44. The summed E-state index contributed by atoms with van der Waals surface area (Å²) in [7, 11) is 0. The minimum Gasteiger partial charge on any atom is -0.480 e. The summed E-state index contributed by atoms with van der Waals surface area (Å²) in [6.45, 7) is 3.69. The molecule has 0 bridgehead atoms. The van der Waals surface area contributed by atoms with Crippen LogP contribution in [-0.4, -0.2) is 23.0 Å². The summed E-state index contributed by atoms with van der Waals surface area (Å²) in [6.07, 6.45) is 0.679. The number of hydrogen-bond donors (Lipinski definition) is 2. The number of aliphatic carboxylic acids is 1. The lowest BCUT2D eigenvalue weighted by Crippen LogP contribution is -2.45.